The zero-order chi connectivity index (χ0) is 24.7. The van der Waals surface area contributed by atoms with Gasteiger partial charge in [-0.1, -0.05) is 48.2 Å². The maximum atomic E-state index is 12.5. The Morgan fingerprint density at radius 2 is 1.82 bits per heavy atom. The number of benzene rings is 2. The van der Waals surface area contributed by atoms with Gasteiger partial charge in [-0.3, -0.25) is 14.4 Å². The lowest BCUT2D eigenvalue weighted by Crippen LogP contribution is -2.41. The normalized spacial score (nSPS) is 15.9. The van der Waals surface area contributed by atoms with Gasteiger partial charge in [0.2, 0.25) is 5.91 Å². The molecule has 1 aliphatic heterocycles. The van der Waals surface area contributed by atoms with Crippen molar-refractivity contribution in [3.63, 3.8) is 0 Å². The van der Waals surface area contributed by atoms with Crippen molar-refractivity contribution in [1.29, 1.82) is 0 Å². The number of hydrogen-bond donors (Lipinski definition) is 5. The van der Waals surface area contributed by atoms with Gasteiger partial charge in [0.15, 0.2) is 0 Å². The molecule has 3 rings (SSSR count). The van der Waals surface area contributed by atoms with Crippen LogP contribution >= 0.6 is 24.0 Å². The number of anilines is 1. The Labute approximate surface area is 205 Å². The second kappa shape index (κ2) is 11.6. The van der Waals surface area contributed by atoms with Gasteiger partial charge in [-0.15, -0.1) is 0 Å². The van der Waals surface area contributed by atoms with Crippen LogP contribution in [0.5, 0.6) is 0 Å². The van der Waals surface area contributed by atoms with Crippen LogP contribution < -0.4 is 16.0 Å². The zero-order valence-corrected chi connectivity index (χ0v) is 19.6. The largest absolute Gasteiger partial charge is 0.481 e. The minimum atomic E-state index is -1.29. The van der Waals surface area contributed by atoms with Crippen LogP contribution in [0.1, 0.15) is 34.3 Å². The number of aliphatic carboxylic acids is 2. The number of hydrogen-bond acceptors (Lipinski definition) is 7. The summed E-state index contributed by atoms with van der Waals surface area (Å²) in [5.74, 6) is -3.07. The summed E-state index contributed by atoms with van der Waals surface area (Å²) in [5.41, 5.74) is 2.96. The molecule has 0 aliphatic carbocycles. The Balaban J connectivity index is 1.55. The molecule has 2 aromatic rings. The molecular weight excluding hydrogens is 478 g/mol. The van der Waals surface area contributed by atoms with E-state index in [-0.39, 0.29) is 29.6 Å². The van der Waals surface area contributed by atoms with E-state index in [1.54, 1.807) is 18.2 Å². The van der Waals surface area contributed by atoms with Gasteiger partial charge >= 0.3 is 11.9 Å². The lowest BCUT2D eigenvalue weighted by Gasteiger charge is -2.14. The van der Waals surface area contributed by atoms with Gasteiger partial charge in [-0.25, -0.2) is 4.79 Å². The molecule has 1 aliphatic rings. The summed E-state index contributed by atoms with van der Waals surface area (Å²) in [6, 6.07) is 13.1. The molecule has 2 aromatic carbocycles. The Hall–Kier alpha value is -3.44. The third-order valence-corrected chi connectivity index (χ3v) is 6.45. The van der Waals surface area contributed by atoms with Gasteiger partial charge in [0.1, 0.15) is 10.4 Å². The summed E-state index contributed by atoms with van der Waals surface area (Å²) >= 11 is 6.37. The van der Waals surface area contributed by atoms with Crippen molar-refractivity contribution in [1.82, 2.24) is 10.6 Å². The van der Waals surface area contributed by atoms with Crippen LogP contribution in [-0.4, -0.2) is 49.6 Å². The summed E-state index contributed by atoms with van der Waals surface area (Å²) in [6.45, 7) is 0.428. The van der Waals surface area contributed by atoms with Crippen LogP contribution in [0.4, 0.5) is 5.69 Å². The molecule has 178 valence electrons. The molecule has 0 saturated carbocycles. The van der Waals surface area contributed by atoms with Gasteiger partial charge in [0.25, 0.3) is 5.91 Å². The maximum Gasteiger partial charge on any atom is 0.326 e. The zero-order valence-electron chi connectivity index (χ0n) is 17.9. The first-order valence-electron chi connectivity index (χ1n) is 10.4. The third-order valence-electron chi connectivity index (χ3n) is 5.08. The molecule has 34 heavy (non-hydrogen) atoms. The second-order valence-corrected chi connectivity index (χ2v) is 9.51. The Kier molecular flexibility index (Phi) is 8.61. The van der Waals surface area contributed by atoms with E-state index in [4.69, 9.17) is 17.3 Å². The van der Waals surface area contributed by atoms with Gasteiger partial charge in [0, 0.05) is 24.2 Å². The number of carboxylic acid groups (broad SMARTS) is 2. The SMILES string of the molecule is O=C(O)CC[C@H](NC(=O)c1cccc(CNc2ccc(CC3SC(=S)NC3=O)cc2)c1)C(=O)O. The summed E-state index contributed by atoms with van der Waals surface area (Å²) in [6.07, 6.45) is 0.0163. The van der Waals surface area contributed by atoms with E-state index >= 15 is 0 Å². The predicted molar refractivity (Wildman–Crippen MR) is 132 cm³/mol. The topological polar surface area (TPSA) is 145 Å². The molecular formula is C23H23N3O6S2. The molecule has 1 unspecified atom stereocenters. The molecule has 2 amide bonds. The summed E-state index contributed by atoms with van der Waals surface area (Å²) in [5, 5.41) is 26.0. The van der Waals surface area contributed by atoms with E-state index in [1.165, 1.54) is 11.8 Å². The minimum absolute atomic E-state index is 0.0716. The van der Waals surface area contributed by atoms with Crippen molar-refractivity contribution in [3.05, 3.63) is 65.2 Å². The van der Waals surface area contributed by atoms with E-state index < -0.39 is 23.9 Å². The number of rotatable bonds is 11. The van der Waals surface area contributed by atoms with Crippen LogP contribution in [-0.2, 0) is 27.3 Å². The second-order valence-electron chi connectivity index (χ2n) is 7.63. The van der Waals surface area contributed by atoms with Crippen LogP contribution in [0, 0.1) is 0 Å². The van der Waals surface area contributed by atoms with Gasteiger partial charge < -0.3 is 26.2 Å². The Morgan fingerprint density at radius 1 is 1.09 bits per heavy atom. The van der Waals surface area contributed by atoms with Crippen LogP contribution in [0.25, 0.3) is 0 Å². The van der Waals surface area contributed by atoms with E-state index in [1.807, 2.05) is 30.3 Å². The highest BCUT2D eigenvalue weighted by atomic mass is 32.2. The molecule has 1 heterocycles. The summed E-state index contributed by atoms with van der Waals surface area (Å²) in [7, 11) is 0. The van der Waals surface area contributed by atoms with E-state index in [9.17, 15) is 24.3 Å². The fourth-order valence-corrected chi connectivity index (χ4v) is 4.60. The monoisotopic (exact) mass is 501 g/mol. The molecule has 0 bridgehead atoms. The molecule has 1 fully saturated rings. The lowest BCUT2D eigenvalue weighted by molar-refractivity contribution is -0.140. The van der Waals surface area contributed by atoms with Crippen LogP contribution in [0.2, 0.25) is 0 Å². The average molecular weight is 502 g/mol. The number of thiocarbonyl (C=S) groups is 1. The molecule has 1 saturated heterocycles. The lowest BCUT2D eigenvalue weighted by atomic mass is 10.1. The molecule has 0 aromatic heterocycles. The number of thioether (sulfide) groups is 1. The first kappa shape index (κ1) is 25.2. The number of carbonyl (C=O) groups excluding carboxylic acids is 2. The van der Waals surface area contributed by atoms with Crippen molar-refractivity contribution in [2.24, 2.45) is 0 Å². The van der Waals surface area contributed by atoms with Crippen LogP contribution in [0.3, 0.4) is 0 Å². The van der Waals surface area contributed by atoms with Gasteiger partial charge in [0.05, 0.1) is 5.25 Å². The molecule has 2 atom stereocenters. The smallest absolute Gasteiger partial charge is 0.326 e. The Bertz CT molecular complexity index is 1110. The average Bonchev–Trinajstić information content (AvgIpc) is 3.12. The molecule has 0 spiro atoms. The fraction of sp³-hybridized carbons (Fsp3) is 0.261. The van der Waals surface area contributed by atoms with E-state index in [2.05, 4.69) is 16.0 Å². The standard InChI is InChI=1S/C23H23N3O6S2/c27-19(28)9-8-17(22(31)32)25-20(29)15-3-1-2-14(10-15)12-24-16-6-4-13(5-7-16)11-18-21(30)26-23(33)34-18/h1-7,10,17-18,24H,8-9,11-12H2,(H,25,29)(H,27,28)(H,31,32)(H,26,30,33)/t17-,18?/m0/s1. The van der Waals surface area contributed by atoms with Crippen molar-refractivity contribution in [2.45, 2.75) is 37.1 Å². The van der Waals surface area contributed by atoms with E-state index in [0.717, 1.165) is 16.8 Å². The summed E-state index contributed by atoms with van der Waals surface area (Å²) in [4.78, 5) is 46.3. The van der Waals surface area contributed by atoms with Crippen LogP contribution in [0.15, 0.2) is 48.5 Å². The van der Waals surface area contributed by atoms with Crippen molar-refractivity contribution >= 4 is 57.7 Å². The molecule has 9 nitrogen and oxygen atoms in total. The minimum Gasteiger partial charge on any atom is -0.481 e. The van der Waals surface area contributed by atoms with Crippen molar-refractivity contribution in [2.75, 3.05) is 5.32 Å². The van der Waals surface area contributed by atoms with Gasteiger partial charge in [-0.2, -0.15) is 0 Å². The molecule has 0 radical (unpaired) electrons. The highest BCUT2D eigenvalue weighted by Gasteiger charge is 2.28. The highest BCUT2D eigenvalue weighted by molar-refractivity contribution is 8.24. The van der Waals surface area contributed by atoms with E-state index in [0.29, 0.717) is 17.3 Å². The van der Waals surface area contributed by atoms with Gasteiger partial charge in [-0.05, 0) is 48.2 Å². The fourth-order valence-electron chi connectivity index (χ4n) is 3.29. The molecule has 11 heteroatoms. The first-order valence-corrected chi connectivity index (χ1v) is 11.7. The number of carbonyl (C=O) groups is 4. The highest BCUT2D eigenvalue weighted by Crippen LogP contribution is 2.24. The summed E-state index contributed by atoms with van der Waals surface area (Å²) < 4.78 is 0.503. The van der Waals surface area contributed by atoms with Crippen molar-refractivity contribution < 1.29 is 29.4 Å². The van der Waals surface area contributed by atoms with Crippen molar-refractivity contribution in [3.8, 4) is 0 Å². The third kappa shape index (κ3) is 7.29. The predicted octanol–water partition coefficient (Wildman–Crippen LogP) is 2.41. The Morgan fingerprint density at radius 3 is 2.44 bits per heavy atom. The number of amides is 2. The quantitative estimate of drug-likeness (QED) is 0.293. The number of carboxylic acids is 2. The first-order chi connectivity index (χ1) is 16.2. The number of nitrogens with one attached hydrogen (secondary N) is 3. The maximum absolute atomic E-state index is 12.5. The molecule has 5 N–H and O–H groups in total.